The first-order valence-corrected chi connectivity index (χ1v) is 7.81. The van der Waals surface area contributed by atoms with E-state index in [9.17, 15) is 0 Å². The molecular formula is C17H28NO2+. The van der Waals surface area contributed by atoms with Gasteiger partial charge in [-0.1, -0.05) is 19.9 Å². The lowest BCUT2D eigenvalue weighted by atomic mass is 10.0. The van der Waals surface area contributed by atoms with E-state index < -0.39 is 0 Å². The maximum atomic E-state index is 5.92. The van der Waals surface area contributed by atoms with E-state index in [1.54, 1.807) is 4.90 Å². The number of ether oxygens (including phenoxy) is 2. The van der Waals surface area contributed by atoms with Crippen molar-refractivity contribution in [1.29, 1.82) is 0 Å². The molecule has 1 aromatic rings. The van der Waals surface area contributed by atoms with Crippen molar-refractivity contribution in [3.05, 3.63) is 29.3 Å². The molecule has 112 valence electrons. The van der Waals surface area contributed by atoms with Gasteiger partial charge in [-0.05, 0) is 36.1 Å². The van der Waals surface area contributed by atoms with E-state index >= 15 is 0 Å². The summed E-state index contributed by atoms with van der Waals surface area (Å²) in [6, 6.07) is 6.56. The second-order valence-electron chi connectivity index (χ2n) is 6.05. The summed E-state index contributed by atoms with van der Waals surface area (Å²) >= 11 is 0. The van der Waals surface area contributed by atoms with Gasteiger partial charge in [-0.2, -0.15) is 0 Å². The molecular weight excluding hydrogens is 250 g/mol. The van der Waals surface area contributed by atoms with Crippen LogP contribution in [0.3, 0.4) is 0 Å². The molecule has 2 rings (SSSR count). The van der Waals surface area contributed by atoms with Gasteiger partial charge in [0, 0.05) is 6.42 Å². The molecule has 1 aliphatic rings. The molecule has 1 heterocycles. The number of aryl methyl sites for hydroxylation is 1. The van der Waals surface area contributed by atoms with Crippen molar-refractivity contribution < 1.29 is 14.4 Å². The van der Waals surface area contributed by atoms with Crippen LogP contribution in [-0.4, -0.2) is 39.5 Å². The Morgan fingerprint density at radius 3 is 2.65 bits per heavy atom. The van der Waals surface area contributed by atoms with E-state index in [1.807, 2.05) is 0 Å². The maximum Gasteiger partial charge on any atom is 0.119 e. The molecule has 0 bridgehead atoms. The summed E-state index contributed by atoms with van der Waals surface area (Å²) in [5.74, 6) is 1.57. The number of benzene rings is 1. The molecule has 0 aromatic heterocycles. The van der Waals surface area contributed by atoms with Crippen LogP contribution in [0.4, 0.5) is 0 Å². The molecule has 0 spiro atoms. The van der Waals surface area contributed by atoms with E-state index in [2.05, 4.69) is 39.0 Å². The summed E-state index contributed by atoms with van der Waals surface area (Å²) in [7, 11) is 0. The van der Waals surface area contributed by atoms with Crippen LogP contribution in [0, 0.1) is 6.92 Å². The summed E-state index contributed by atoms with van der Waals surface area (Å²) < 4.78 is 11.3. The highest BCUT2D eigenvalue weighted by Gasteiger charge is 2.12. The van der Waals surface area contributed by atoms with Gasteiger partial charge in [-0.25, -0.2) is 0 Å². The Hall–Kier alpha value is -1.06. The lowest BCUT2D eigenvalue weighted by Gasteiger charge is -2.23. The zero-order valence-electron chi connectivity index (χ0n) is 13.1. The number of hydrogen-bond acceptors (Lipinski definition) is 2. The molecule has 20 heavy (non-hydrogen) atoms. The van der Waals surface area contributed by atoms with Gasteiger partial charge in [0.2, 0.25) is 0 Å². The van der Waals surface area contributed by atoms with E-state index in [-0.39, 0.29) is 0 Å². The predicted molar refractivity (Wildman–Crippen MR) is 81.8 cm³/mol. The summed E-state index contributed by atoms with van der Waals surface area (Å²) in [6.07, 6.45) is 1.11. The zero-order chi connectivity index (χ0) is 14.4. The summed E-state index contributed by atoms with van der Waals surface area (Å²) in [5.41, 5.74) is 2.64. The highest BCUT2D eigenvalue weighted by molar-refractivity contribution is 5.35. The van der Waals surface area contributed by atoms with E-state index in [0.29, 0.717) is 5.92 Å². The Labute approximate surface area is 122 Å². The Balaban J connectivity index is 1.75. The normalized spacial score (nSPS) is 16.6. The van der Waals surface area contributed by atoms with Crippen molar-refractivity contribution in [2.24, 2.45) is 0 Å². The van der Waals surface area contributed by atoms with Crippen LogP contribution in [0.2, 0.25) is 0 Å². The number of rotatable bonds is 6. The molecule has 0 atom stereocenters. The molecule has 0 aliphatic carbocycles. The first-order chi connectivity index (χ1) is 9.65. The van der Waals surface area contributed by atoms with Gasteiger partial charge < -0.3 is 14.4 Å². The molecule has 0 radical (unpaired) electrons. The third-order valence-corrected chi connectivity index (χ3v) is 3.88. The van der Waals surface area contributed by atoms with Gasteiger partial charge in [0.15, 0.2) is 0 Å². The smallest absolute Gasteiger partial charge is 0.119 e. The van der Waals surface area contributed by atoms with Crippen molar-refractivity contribution in [2.45, 2.75) is 33.1 Å². The van der Waals surface area contributed by atoms with Gasteiger partial charge >= 0.3 is 0 Å². The largest absolute Gasteiger partial charge is 0.493 e. The third-order valence-electron chi connectivity index (χ3n) is 3.88. The zero-order valence-corrected chi connectivity index (χ0v) is 13.1. The molecule has 0 amide bonds. The van der Waals surface area contributed by atoms with Gasteiger partial charge in [0.25, 0.3) is 0 Å². The van der Waals surface area contributed by atoms with Crippen LogP contribution in [0.25, 0.3) is 0 Å². The van der Waals surface area contributed by atoms with Crippen LogP contribution in [0.1, 0.15) is 37.3 Å². The topological polar surface area (TPSA) is 22.9 Å². The van der Waals surface area contributed by atoms with E-state index in [1.165, 1.54) is 17.7 Å². The highest BCUT2D eigenvalue weighted by atomic mass is 16.5. The summed E-state index contributed by atoms with van der Waals surface area (Å²) in [4.78, 5) is 1.65. The van der Waals surface area contributed by atoms with Crippen LogP contribution in [0.15, 0.2) is 18.2 Å². The number of quaternary nitrogens is 1. The average Bonchev–Trinajstić information content (AvgIpc) is 2.44. The monoisotopic (exact) mass is 278 g/mol. The fraction of sp³-hybridized carbons (Fsp3) is 0.647. The quantitative estimate of drug-likeness (QED) is 0.802. The van der Waals surface area contributed by atoms with Crippen molar-refractivity contribution in [2.75, 3.05) is 39.5 Å². The lowest BCUT2D eigenvalue weighted by molar-refractivity contribution is -0.908. The van der Waals surface area contributed by atoms with Crippen LogP contribution in [-0.2, 0) is 4.74 Å². The molecule has 0 unspecified atom stereocenters. The van der Waals surface area contributed by atoms with E-state index in [0.717, 1.165) is 45.1 Å². The number of hydrogen-bond donors (Lipinski definition) is 1. The molecule has 1 saturated heterocycles. The minimum atomic E-state index is 0.551. The van der Waals surface area contributed by atoms with Crippen LogP contribution < -0.4 is 9.64 Å². The average molecular weight is 278 g/mol. The molecule has 0 saturated carbocycles. The molecule has 1 aliphatic heterocycles. The second-order valence-corrected chi connectivity index (χ2v) is 6.05. The fourth-order valence-corrected chi connectivity index (χ4v) is 2.62. The van der Waals surface area contributed by atoms with Crippen LogP contribution >= 0.6 is 0 Å². The number of nitrogens with one attached hydrogen (secondary N) is 1. The fourth-order valence-electron chi connectivity index (χ4n) is 2.62. The van der Waals surface area contributed by atoms with Gasteiger partial charge in [0.1, 0.15) is 18.8 Å². The Morgan fingerprint density at radius 1 is 1.20 bits per heavy atom. The number of morpholine rings is 1. The second kappa shape index (κ2) is 7.65. The van der Waals surface area contributed by atoms with Gasteiger partial charge in [0.05, 0.1) is 26.4 Å². The maximum absolute atomic E-state index is 5.92. The van der Waals surface area contributed by atoms with Crippen LogP contribution in [0.5, 0.6) is 5.75 Å². The van der Waals surface area contributed by atoms with Crippen molar-refractivity contribution in [1.82, 2.24) is 0 Å². The summed E-state index contributed by atoms with van der Waals surface area (Å²) in [6.45, 7) is 12.7. The Kier molecular flexibility index (Phi) is 5.86. The van der Waals surface area contributed by atoms with Gasteiger partial charge in [-0.3, -0.25) is 0 Å². The van der Waals surface area contributed by atoms with Crippen molar-refractivity contribution >= 4 is 0 Å². The summed E-state index contributed by atoms with van der Waals surface area (Å²) in [5, 5.41) is 0. The van der Waals surface area contributed by atoms with Crippen molar-refractivity contribution in [3.8, 4) is 5.75 Å². The van der Waals surface area contributed by atoms with E-state index in [4.69, 9.17) is 9.47 Å². The molecule has 3 heteroatoms. The van der Waals surface area contributed by atoms with Gasteiger partial charge in [-0.15, -0.1) is 0 Å². The minimum Gasteiger partial charge on any atom is -0.493 e. The predicted octanol–water partition coefficient (Wildman–Crippen LogP) is 1.80. The molecule has 1 aromatic carbocycles. The minimum absolute atomic E-state index is 0.551. The van der Waals surface area contributed by atoms with Crippen molar-refractivity contribution in [3.63, 3.8) is 0 Å². The third kappa shape index (κ3) is 4.80. The first-order valence-electron chi connectivity index (χ1n) is 7.81. The highest BCUT2D eigenvalue weighted by Crippen LogP contribution is 2.22. The first kappa shape index (κ1) is 15.3. The molecule has 3 nitrogen and oxygen atoms in total. The standard InChI is InChI=1S/C17H27NO2/c1-14(2)16-11-15(3)12-17(13-16)20-8-4-5-18-6-9-19-10-7-18/h11-14H,4-10H2,1-3H3/p+1. The molecule has 1 N–H and O–H groups in total. The Morgan fingerprint density at radius 2 is 1.95 bits per heavy atom. The SMILES string of the molecule is Cc1cc(OCCC[NH+]2CCOCC2)cc(C(C)C)c1. The lowest BCUT2D eigenvalue weighted by Crippen LogP contribution is -3.14. The molecule has 1 fully saturated rings. The Bertz CT molecular complexity index is 411.